The summed E-state index contributed by atoms with van der Waals surface area (Å²) in [4.78, 5) is 15.1. The van der Waals surface area contributed by atoms with E-state index in [0.717, 1.165) is 24.1 Å². The number of nitrogens with one attached hydrogen (secondary N) is 2. The van der Waals surface area contributed by atoms with Crippen molar-refractivity contribution in [2.24, 2.45) is 0 Å². The van der Waals surface area contributed by atoms with Gasteiger partial charge in [-0.05, 0) is 63.3 Å². The van der Waals surface area contributed by atoms with E-state index < -0.39 is 0 Å². The van der Waals surface area contributed by atoms with E-state index in [1.807, 2.05) is 31.2 Å². The van der Waals surface area contributed by atoms with Crippen LogP contribution in [0, 0.1) is 6.92 Å². The summed E-state index contributed by atoms with van der Waals surface area (Å²) in [5, 5.41) is 6.19. The van der Waals surface area contributed by atoms with Crippen molar-refractivity contribution in [3.8, 4) is 0 Å². The standard InChI is InChI=1S/C20H31N3O/c1-3-4-11-23-18-9-6-10-19(23)14-17(13-18)22-20(24)21-16-8-5-7-15(2)12-16/h5,7-8,12,17-19H,3-4,6,9-11,13-14H2,1-2H3,(H2,21,22,24)/t18-,19-/m1/s1. The quantitative estimate of drug-likeness (QED) is 0.846. The molecule has 1 aromatic carbocycles. The van der Waals surface area contributed by atoms with Gasteiger partial charge in [0.2, 0.25) is 0 Å². The molecular formula is C20H31N3O. The maximum atomic E-state index is 12.3. The number of hydrogen-bond acceptors (Lipinski definition) is 2. The van der Waals surface area contributed by atoms with Gasteiger partial charge in [0.1, 0.15) is 0 Å². The van der Waals surface area contributed by atoms with Gasteiger partial charge in [-0.3, -0.25) is 4.90 Å². The average molecular weight is 329 g/mol. The van der Waals surface area contributed by atoms with Crippen molar-refractivity contribution in [3.63, 3.8) is 0 Å². The maximum Gasteiger partial charge on any atom is 0.319 e. The molecule has 2 aliphatic heterocycles. The largest absolute Gasteiger partial charge is 0.335 e. The molecule has 1 aromatic rings. The predicted octanol–water partition coefficient (Wildman–Crippen LogP) is 4.30. The van der Waals surface area contributed by atoms with Gasteiger partial charge in [0.15, 0.2) is 0 Å². The molecule has 4 nitrogen and oxygen atoms in total. The highest BCUT2D eigenvalue weighted by atomic mass is 16.2. The molecule has 2 heterocycles. The fourth-order valence-electron chi connectivity index (χ4n) is 4.38. The summed E-state index contributed by atoms with van der Waals surface area (Å²) in [5.41, 5.74) is 2.03. The van der Waals surface area contributed by atoms with Gasteiger partial charge in [-0.1, -0.05) is 31.9 Å². The zero-order valence-electron chi connectivity index (χ0n) is 15.1. The number of aryl methyl sites for hydroxylation is 1. The number of piperidine rings is 2. The molecule has 0 aromatic heterocycles. The van der Waals surface area contributed by atoms with E-state index in [-0.39, 0.29) is 6.03 Å². The Morgan fingerprint density at radius 1 is 1.25 bits per heavy atom. The van der Waals surface area contributed by atoms with Gasteiger partial charge in [-0.15, -0.1) is 0 Å². The number of urea groups is 1. The van der Waals surface area contributed by atoms with Crippen molar-refractivity contribution in [2.45, 2.75) is 76.9 Å². The second-order valence-electron chi connectivity index (χ2n) is 7.47. The Morgan fingerprint density at radius 3 is 2.67 bits per heavy atom. The van der Waals surface area contributed by atoms with E-state index in [4.69, 9.17) is 0 Å². The molecular weight excluding hydrogens is 298 g/mol. The number of rotatable bonds is 5. The summed E-state index contributed by atoms with van der Waals surface area (Å²) >= 11 is 0. The Hall–Kier alpha value is -1.55. The van der Waals surface area contributed by atoms with E-state index in [1.54, 1.807) is 0 Å². The highest BCUT2D eigenvalue weighted by molar-refractivity contribution is 5.89. The fourth-order valence-corrected chi connectivity index (χ4v) is 4.38. The molecule has 2 bridgehead atoms. The molecule has 2 aliphatic rings. The van der Waals surface area contributed by atoms with Crippen LogP contribution in [0.1, 0.15) is 57.4 Å². The van der Waals surface area contributed by atoms with Crippen LogP contribution in [0.5, 0.6) is 0 Å². The lowest BCUT2D eigenvalue weighted by molar-refractivity contribution is 0.0260. The number of unbranched alkanes of at least 4 members (excludes halogenated alkanes) is 1. The Labute approximate surface area is 146 Å². The second kappa shape index (κ2) is 8.02. The summed E-state index contributed by atoms with van der Waals surface area (Å²) in [6.45, 7) is 5.53. The van der Waals surface area contributed by atoms with Crippen LogP contribution < -0.4 is 10.6 Å². The maximum absolute atomic E-state index is 12.3. The Bertz CT molecular complexity index is 546. The first kappa shape index (κ1) is 17.3. The summed E-state index contributed by atoms with van der Waals surface area (Å²) in [6.07, 6.45) is 8.67. The second-order valence-corrected chi connectivity index (χ2v) is 7.47. The topological polar surface area (TPSA) is 44.4 Å². The van der Waals surface area contributed by atoms with Crippen LogP contribution in [-0.2, 0) is 0 Å². The van der Waals surface area contributed by atoms with Crippen LogP contribution in [0.3, 0.4) is 0 Å². The summed E-state index contributed by atoms with van der Waals surface area (Å²) in [6, 6.07) is 9.52. The molecule has 2 atom stereocenters. The van der Waals surface area contributed by atoms with Crippen LogP contribution in [0.4, 0.5) is 10.5 Å². The third-order valence-corrected chi connectivity index (χ3v) is 5.51. The molecule has 4 heteroatoms. The first-order chi connectivity index (χ1) is 11.7. The molecule has 0 unspecified atom stereocenters. The van der Waals surface area contributed by atoms with Gasteiger partial charge in [0.05, 0.1) is 0 Å². The van der Waals surface area contributed by atoms with Gasteiger partial charge in [-0.25, -0.2) is 4.79 Å². The normalized spacial score (nSPS) is 26.8. The van der Waals surface area contributed by atoms with E-state index >= 15 is 0 Å². The monoisotopic (exact) mass is 329 g/mol. The first-order valence-electron chi connectivity index (χ1n) is 9.55. The molecule has 24 heavy (non-hydrogen) atoms. The molecule has 0 aliphatic carbocycles. The highest BCUT2D eigenvalue weighted by Crippen LogP contribution is 2.34. The number of hydrogen-bond donors (Lipinski definition) is 2. The van der Waals surface area contributed by atoms with Crippen LogP contribution in [0.15, 0.2) is 24.3 Å². The Kier molecular flexibility index (Phi) is 5.77. The van der Waals surface area contributed by atoms with Crippen LogP contribution in [-0.4, -0.2) is 35.6 Å². The average Bonchev–Trinajstić information content (AvgIpc) is 2.52. The minimum Gasteiger partial charge on any atom is -0.335 e. The molecule has 3 rings (SSSR count). The lowest BCUT2D eigenvalue weighted by Crippen LogP contribution is -2.57. The number of carbonyl (C=O) groups is 1. The van der Waals surface area contributed by atoms with Gasteiger partial charge in [0, 0.05) is 23.8 Å². The van der Waals surface area contributed by atoms with Gasteiger partial charge in [0.25, 0.3) is 0 Å². The number of carbonyl (C=O) groups excluding carboxylic acids is 1. The summed E-state index contributed by atoms with van der Waals surface area (Å²) in [5.74, 6) is 0. The fraction of sp³-hybridized carbons (Fsp3) is 0.650. The molecule has 2 amide bonds. The van der Waals surface area contributed by atoms with Crippen molar-refractivity contribution in [1.82, 2.24) is 10.2 Å². The van der Waals surface area contributed by atoms with E-state index in [9.17, 15) is 4.79 Å². The van der Waals surface area contributed by atoms with Crippen molar-refractivity contribution in [1.29, 1.82) is 0 Å². The van der Waals surface area contributed by atoms with Crippen LogP contribution in [0.25, 0.3) is 0 Å². The van der Waals surface area contributed by atoms with Crippen molar-refractivity contribution >= 4 is 11.7 Å². The lowest BCUT2D eigenvalue weighted by atomic mass is 9.81. The number of amides is 2. The van der Waals surface area contributed by atoms with Crippen molar-refractivity contribution in [3.05, 3.63) is 29.8 Å². The Morgan fingerprint density at radius 2 is 2.00 bits per heavy atom. The zero-order chi connectivity index (χ0) is 16.9. The first-order valence-corrected chi connectivity index (χ1v) is 9.55. The van der Waals surface area contributed by atoms with E-state index in [1.165, 1.54) is 38.6 Å². The third-order valence-electron chi connectivity index (χ3n) is 5.51. The minimum atomic E-state index is -0.0642. The number of nitrogens with zero attached hydrogens (tertiary/aromatic N) is 1. The molecule has 0 radical (unpaired) electrons. The lowest BCUT2D eigenvalue weighted by Gasteiger charge is -2.49. The summed E-state index contributed by atoms with van der Waals surface area (Å²) < 4.78 is 0. The van der Waals surface area contributed by atoms with Gasteiger partial charge >= 0.3 is 6.03 Å². The van der Waals surface area contributed by atoms with Crippen LogP contribution in [0.2, 0.25) is 0 Å². The SMILES string of the molecule is CCCCN1[C@@H]2CCC[C@@H]1CC(NC(=O)Nc1cccc(C)c1)C2. The van der Waals surface area contributed by atoms with Crippen LogP contribution >= 0.6 is 0 Å². The molecule has 2 fully saturated rings. The van der Waals surface area contributed by atoms with Gasteiger partial charge in [-0.2, -0.15) is 0 Å². The van der Waals surface area contributed by atoms with E-state index in [0.29, 0.717) is 18.1 Å². The molecule has 2 N–H and O–H groups in total. The van der Waals surface area contributed by atoms with E-state index in [2.05, 4.69) is 22.5 Å². The molecule has 0 saturated carbocycles. The van der Waals surface area contributed by atoms with Crippen molar-refractivity contribution < 1.29 is 4.79 Å². The molecule has 2 saturated heterocycles. The summed E-state index contributed by atoms with van der Waals surface area (Å²) in [7, 11) is 0. The minimum absolute atomic E-state index is 0.0642. The zero-order valence-corrected chi connectivity index (χ0v) is 15.1. The molecule has 132 valence electrons. The molecule has 0 spiro atoms. The smallest absolute Gasteiger partial charge is 0.319 e. The number of anilines is 1. The number of fused-ring (bicyclic) bond motifs is 2. The number of benzene rings is 1. The Balaban J connectivity index is 1.54. The third kappa shape index (κ3) is 4.29. The van der Waals surface area contributed by atoms with Gasteiger partial charge < -0.3 is 10.6 Å². The highest BCUT2D eigenvalue weighted by Gasteiger charge is 2.38. The van der Waals surface area contributed by atoms with Crippen molar-refractivity contribution in [2.75, 3.05) is 11.9 Å². The predicted molar refractivity (Wildman–Crippen MR) is 99.4 cm³/mol.